The Balaban J connectivity index is 1.96. The quantitative estimate of drug-likeness (QED) is 0.715. The molecule has 0 N–H and O–H groups in total. The molecule has 0 bridgehead atoms. The molecule has 0 unspecified atom stereocenters. The van der Waals surface area contributed by atoms with E-state index in [1.165, 1.54) is 19.3 Å². The molecule has 0 amide bonds. The summed E-state index contributed by atoms with van der Waals surface area (Å²) >= 11 is 0. The van der Waals surface area contributed by atoms with E-state index in [1.807, 2.05) is 6.92 Å². The molecule has 1 atom stereocenters. The van der Waals surface area contributed by atoms with E-state index in [4.69, 9.17) is 4.74 Å². The van der Waals surface area contributed by atoms with E-state index in [1.54, 1.807) is 0 Å². The van der Waals surface area contributed by atoms with Gasteiger partial charge in [0, 0.05) is 6.04 Å². The lowest BCUT2D eigenvalue weighted by molar-refractivity contribution is -0.152. The van der Waals surface area contributed by atoms with Crippen LogP contribution in [0.15, 0.2) is 0 Å². The van der Waals surface area contributed by atoms with Gasteiger partial charge in [0.05, 0.1) is 6.61 Å². The lowest BCUT2D eigenvalue weighted by Crippen LogP contribution is -2.53. The van der Waals surface area contributed by atoms with E-state index in [0.717, 1.165) is 32.5 Å². The Morgan fingerprint density at radius 2 is 1.89 bits per heavy atom. The second-order valence-electron chi connectivity index (χ2n) is 5.54. The molecule has 18 heavy (non-hydrogen) atoms. The van der Waals surface area contributed by atoms with Gasteiger partial charge in [-0.1, -0.05) is 6.42 Å². The fourth-order valence-corrected chi connectivity index (χ4v) is 3.21. The first-order valence-corrected chi connectivity index (χ1v) is 7.33. The summed E-state index contributed by atoms with van der Waals surface area (Å²) in [5.74, 6) is -0.00359. The predicted octanol–water partition coefficient (Wildman–Crippen LogP) is 1.50. The maximum absolute atomic E-state index is 12.0. The molecule has 0 aromatic rings. The smallest absolute Gasteiger partial charge is 0.323 e. The van der Waals surface area contributed by atoms with Crippen molar-refractivity contribution in [2.45, 2.75) is 51.1 Å². The molecule has 2 fully saturated rings. The SMILES string of the molecule is CCOC(=O)[C@@H]1CCCCN1C1CCN(C)CC1. The Hall–Kier alpha value is -0.610. The van der Waals surface area contributed by atoms with Crippen LogP contribution in [-0.2, 0) is 9.53 Å². The second kappa shape index (κ2) is 6.53. The molecule has 104 valence electrons. The van der Waals surface area contributed by atoms with Gasteiger partial charge in [0.25, 0.3) is 0 Å². The summed E-state index contributed by atoms with van der Waals surface area (Å²) in [7, 11) is 2.18. The van der Waals surface area contributed by atoms with Crippen LogP contribution in [0.4, 0.5) is 0 Å². The van der Waals surface area contributed by atoms with E-state index >= 15 is 0 Å². The van der Waals surface area contributed by atoms with Crippen LogP contribution in [0.5, 0.6) is 0 Å². The number of piperidine rings is 2. The van der Waals surface area contributed by atoms with Crippen LogP contribution in [-0.4, -0.2) is 61.1 Å². The van der Waals surface area contributed by atoms with Crippen LogP contribution in [0, 0.1) is 0 Å². The van der Waals surface area contributed by atoms with Gasteiger partial charge in [0.2, 0.25) is 0 Å². The molecule has 2 aliphatic rings. The van der Waals surface area contributed by atoms with E-state index in [2.05, 4.69) is 16.8 Å². The van der Waals surface area contributed by atoms with Crippen molar-refractivity contribution < 1.29 is 9.53 Å². The number of nitrogens with zero attached hydrogens (tertiary/aromatic N) is 2. The topological polar surface area (TPSA) is 32.8 Å². The Bertz CT molecular complexity index is 275. The number of ether oxygens (including phenoxy) is 1. The average Bonchev–Trinajstić information content (AvgIpc) is 2.40. The third-order valence-corrected chi connectivity index (χ3v) is 4.26. The van der Waals surface area contributed by atoms with Crippen LogP contribution in [0.25, 0.3) is 0 Å². The van der Waals surface area contributed by atoms with E-state index < -0.39 is 0 Å². The Morgan fingerprint density at radius 3 is 2.56 bits per heavy atom. The van der Waals surface area contributed by atoms with Gasteiger partial charge in [-0.15, -0.1) is 0 Å². The van der Waals surface area contributed by atoms with Crippen molar-refractivity contribution in [1.82, 2.24) is 9.80 Å². The fraction of sp³-hybridized carbons (Fsp3) is 0.929. The zero-order valence-corrected chi connectivity index (χ0v) is 11.7. The van der Waals surface area contributed by atoms with Gasteiger partial charge in [-0.3, -0.25) is 9.69 Å². The molecule has 4 nitrogen and oxygen atoms in total. The molecular formula is C14H26N2O2. The van der Waals surface area contributed by atoms with Crippen LogP contribution in [0.3, 0.4) is 0 Å². The number of hydrogen-bond acceptors (Lipinski definition) is 4. The highest BCUT2D eigenvalue weighted by Gasteiger charge is 2.35. The lowest BCUT2D eigenvalue weighted by Gasteiger charge is -2.42. The van der Waals surface area contributed by atoms with Crippen molar-refractivity contribution in [2.75, 3.05) is 33.3 Å². The Labute approximate surface area is 110 Å². The largest absolute Gasteiger partial charge is 0.465 e. The standard InChI is InChI=1S/C14H26N2O2/c1-3-18-14(17)13-6-4-5-9-16(13)12-7-10-15(2)11-8-12/h12-13H,3-11H2,1-2H3/t13-/m0/s1. The molecule has 2 rings (SSSR count). The minimum atomic E-state index is -0.00359. The van der Waals surface area contributed by atoms with Crippen molar-refractivity contribution in [3.8, 4) is 0 Å². The van der Waals surface area contributed by atoms with E-state index in [0.29, 0.717) is 12.6 Å². The van der Waals surface area contributed by atoms with Crippen LogP contribution >= 0.6 is 0 Å². The average molecular weight is 254 g/mol. The molecule has 0 spiro atoms. The normalized spacial score (nSPS) is 28.2. The van der Waals surface area contributed by atoms with Crippen molar-refractivity contribution in [2.24, 2.45) is 0 Å². The summed E-state index contributed by atoms with van der Waals surface area (Å²) in [6, 6.07) is 0.600. The monoisotopic (exact) mass is 254 g/mol. The molecule has 0 saturated carbocycles. The summed E-state index contributed by atoms with van der Waals surface area (Å²) in [6.07, 6.45) is 5.73. The van der Waals surface area contributed by atoms with Gasteiger partial charge < -0.3 is 9.64 Å². The lowest BCUT2D eigenvalue weighted by atomic mass is 9.95. The minimum absolute atomic E-state index is 0.00359. The van der Waals surface area contributed by atoms with Crippen LogP contribution in [0.2, 0.25) is 0 Å². The second-order valence-corrected chi connectivity index (χ2v) is 5.54. The number of carbonyl (C=O) groups excluding carboxylic acids is 1. The summed E-state index contributed by atoms with van der Waals surface area (Å²) < 4.78 is 5.23. The molecule has 2 heterocycles. The van der Waals surface area contributed by atoms with Crippen molar-refractivity contribution in [3.63, 3.8) is 0 Å². The molecule has 0 aromatic heterocycles. The van der Waals surface area contributed by atoms with Gasteiger partial charge in [-0.25, -0.2) is 0 Å². The van der Waals surface area contributed by atoms with Crippen LogP contribution in [0.1, 0.15) is 39.0 Å². The summed E-state index contributed by atoms with van der Waals surface area (Å²) in [4.78, 5) is 16.8. The maximum atomic E-state index is 12.0. The molecule has 0 aliphatic carbocycles. The first kappa shape index (κ1) is 13.8. The number of carbonyl (C=O) groups is 1. The highest BCUT2D eigenvalue weighted by atomic mass is 16.5. The van der Waals surface area contributed by atoms with Gasteiger partial charge in [0.1, 0.15) is 6.04 Å². The van der Waals surface area contributed by atoms with Crippen molar-refractivity contribution >= 4 is 5.97 Å². The summed E-state index contributed by atoms with van der Waals surface area (Å²) in [6.45, 7) is 5.75. The van der Waals surface area contributed by atoms with Crippen LogP contribution < -0.4 is 0 Å². The molecule has 4 heteroatoms. The summed E-state index contributed by atoms with van der Waals surface area (Å²) in [5.41, 5.74) is 0. The van der Waals surface area contributed by atoms with Crippen molar-refractivity contribution in [3.05, 3.63) is 0 Å². The highest BCUT2D eigenvalue weighted by Crippen LogP contribution is 2.25. The highest BCUT2D eigenvalue weighted by molar-refractivity contribution is 5.75. The van der Waals surface area contributed by atoms with Gasteiger partial charge in [-0.2, -0.15) is 0 Å². The fourth-order valence-electron chi connectivity index (χ4n) is 3.21. The predicted molar refractivity (Wildman–Crippen MR) is 71.5 cm³/mol. The first-order chi connectivity index (χ1) is 8.72. The first-order valence-electron chi connectivity index (χ1n) is 7.33. The summed E-state index contributed by atoms with van der Waals surface area (Å²) in [5, 5.41) is 0. The Morgan fingerprint density at radius 1 is 1.17 bits per heavy atom. The third-order valence-electron chi connectivity index (χ3n) is 4.26. The van der Waals surface area contributed by atoms with E-state index in [9.17, 15) is 4.79 Å². The molecule has 2 aliphatic heterocycles. The third kappa shape index (κ3) is 3.23. The van der Waals surface area contributed by atoms with Gasteiger partial charge in [0.15, 0.2) is 0 Å². The molecular weight excluding hydrogens is 228 g/mol. The zero-order valence-electron chi connectivity index (χ0n) is 11.7. The van der Waals surface area contributed by atoms with Crippen molar-refractivity contribution in [1.29, 1.82) is 0 Å². The molecule has 0 radical (unpaired) electrons. The maximum Gasteiger partial charge on any atom is 0.323 e. The van der Waals surface area contributed by atoms with E-state index in [-0.39, 0.29) is 12.0 Å². The van der Waals surface area contributed by atoms with Gasteiger partial charge in [-0.05, 0) is 59.3 Å². The number of rotatable bonds is 3. The number of esters is 1. The Kier molecular flexibility index (Phi) is 5.01. The zero-order chi connectivity index (χ0) is 13.0. The molecule has 2 saturated heterocycles. The minimum Gasteiger partial charge on any atom is -0.465 e. The number of likely N-dealkylation sites (tertiary alicyclic amines) is 2. The molecule has 0 aromatic carbocycles. The van der Waals surface area contributed by atoms with Gasteiger partial charge >= 0.3 is 5.97 Å². The number of hydrogen-bond donors (Lipinski definition) is 0.